The molecule has 40 heavy (non-hydrogen) atoms. The number of unbranched alkanes of at least 4 members (excludes halogenated alkanes) is 2. The molecule has 210 valence electrons. The zero-order valence-corrected chi connectivity index (χ0v) is 24.8. The summed E-state index contributed by atoms with van der Waals surface area (Å²) in [6.45, 7) is 12.8. The van der Waals surface area contributed by atoms with E-state index in [2.05, 4.69) is 116 Å². The molecule has 4 aromatic rings. The molecule has 0 unspecified atom stereocenters. The molecule has 1 aliphatic rings. The summed E-state index contributed by atoms with van der Waals surface area (Å²) in [7, 11) is 0. The van der Waals surface area contributed by atoms with Gasteiger partial charge in [-0.05, 0) is 63.3 Å². The Morgan fingerprint density at radius 1 is 0.850 bits per heavy atom. The van der Waals surface area contributed by atoms with Crippen molar-refractivity contribution in [2.45, 2.75) is 91.5 Å². The summed E-state index contributed by atoms with van der Waals surface area (Å²) in [6.07, 6.45) is 6.78. The third-order valence-electron chi connectivity index (χ3n) is 8.00. The number of benzene rings is 3. The van der Waals surface area contributed by atoms with E-state index in [1.165, 1.54) is 40.8 Å². The number of aryl methyl sites for hydroxylation is 1. The van der Waals surface area contributed by atoms with Crippen molar-refractivity contribution in [2.75, 3.05) is 6.54 Å². The second-order valence-electron chi connectivity index (χ2n) is 11.8. The number of imidazole rings is 1. The van der Waals surface area contributed by atoms with Crippen LogP contribution in [0.25, 0.3) is 22.6 Å². The standard InChI is InChI=1S/C36H45N3O/c1-5-7-23-38(26-28-19-20-33-31(25-28)21-22-36(3,4)40-33)27-32-34(29-15-11-9-12-16-29)37-35(39(32)24-8-6-2)30-17-13-10-14-18-30/h9-20,25H,5-8,21-24,26-27H2,1-4H3. The molecule has 0 saturated heterocycles. The van der Waals surface area contributed by atoms with Crippen LogP contribution in [0.2, 0.25) is 0 Å². The number of rotatable bonds is 12. The number of aromatic nitrogens is 2. The molecule has 1 aliphatic heterocycles. The molecule has 5 rings (SSSR count). The minimum atomic E-state index is -0.0805. The van der Waals surface area contributed by atoms with Crippen LogP contribution in [0.5, 0.6) is 5.75 Å². The maximum absolute atomic E-state index is 6.28. The van der Waals surface area contributed by atoms with Crippen LogP contribution >= 0.6 is 0 Å². The first kappa shape index (κ1) is 28.2. The first-order valence-electron chi connectivity index (χ1n) is 15.2. The van der Waals surface area contributed by atoms with Gasteiger partial charge in [-0.2, -0.15) is 0 Å². The van der Waals surface area contributed by atoms with E-state index in [0.717, 1.165) is 69.1 Å². The van der Waals surface area contributed by atoms with Crippen molar-refractivity contribution < 1.29 is 4.74 Å². The van der Waals surface area contributed by atoms with E-state index < -0.39 is 0 Å². The Morgan fingerprint density at radius 3 is 2.25 bits per heavy atom. The Bertz CT molecular complexity index is 1370. The van der Waals surface area contributed by atoms with Crippen LogP contribution in [0.1, 0.15) is 76.6 Å². The van der Waals surface area contributed by atoms with E-state index in [-0.39, 0.29) is 5.60 Å². The predicted octanol–water partition coefficient (Wildman–Crippen LogP) is 8.92. The van der Waals surface area contributed by atoms with Crippen LogP contribution in [0, 0.1) is 0 Å². The second-order valence-corrected chi connectivity index (χ2v) is 11.8. The number of nitrogens with zero attached hydrogens (tertiary/aromatic N) is 3. The Hall–Kier alpha value is -3.37. The molecule has 0 radical (unpaired) electrons. The van der Waals surface area contributed by atoms with Gasteiger partial charge in [0.25, 0.3) is 0 Å². The maximum Gasteiger partial charge on any atom is 0.140 e. The Labute approximate surface area is 241 Å². The highest BCUT2D eigenvalue weighted by molar-refractivity contribution is 5.68. The Kier molecular flexibility index (Phi) is 9.06. The van der Waals surface area contributed by atoms with Gasteiger partial charge in [-0.3, -0.25) is 4.90 Å². The smallest absolute Gasteiger partial charge is 0.140 e. The van der Waals surface area contributed by atoms with E-state index in [1.807, 2.05) is 0 Å². The molecule has 3 aromatic carbocycles. The Balaban J connectivity index is 1.52. The summed E-state index contributed by atoms with van der Waals surface area (Å²) >= 11 is 0. The van der Waals surface area contributed by atoms with Crippen LogP contribution in [-0.2, 0) is 26.1 Å². The van der Waals surface area contributed by atoms with Crippen molar-refractivity contribution in [1.82, 2.24) is 14.5 Å². The number of fused-ring (bicyclic) bond motifs is 1. The summed E-state index contributed by atoms with van der Waals surface area (Å²) in [4.78, 5) is 7.96. The van der Waals surface area contributed by atoms with Crippen molar-refractivity contribution in [2.24, 2.45) is 0 Å². The van der Waals surface area contributed by atoms with Gasteiger partial charge in [0.15, 0.2) is 0 Å². The van der Waals surface area contributed by atoms with E-state index in [1.54, 1.807) is 0 Å². The topological polar surface area (TPSA) is 30.3 Å². The highest BCUT2D eigenvalue weighted by atomic mass is 16.5. The van der Waals surface area contributed by atoms with Crippen LogP contribution in [0.15, 0.2) is 78.9 Å². The average molecular weight is 536 g/mol. The summed E-state index contributed by atoms with van der Waals surface area (Å²) in [5, 5.41) is 0. The molecule has 0 aliphatic carbocycles. The van der Waals surface area contributed by atoms with Crippen molar-refractivity contribution >= 4 is 0 Å². The largest absolute Gasteiger partial charge is 0.488 e. The molecule has 0 bridgehead atoms. The molecule has 4 nitrogen and oxygen atoms in total. The fraction of sp³-hybridized carbons (Fsp3) is 0.417. The van der Waals surface area contributed by atoms with E-state index in [0.29, 0.717) is 0 Å². The van der Waals surface area contributed by atoms with Gasteiger partial charge in [-0.1, -0.05) is 99.5 Å². The zero-order chi connectivity index (χ0) is 28.0. The van der Waals surface area contributed by atoms with Gasteiger partial charge in [-0.25, -0.2) is 4.98 Å². The molecule has 2 heterocycles. The van der Waals surface area contributed by atoms with Gasteiger partial charge in [0.1, 0.15) is 17.2 Å². The summed E-state index contributed by atoms with van der Waals surface area (Å²) < 4.78 is 8.78. The molecule has 1 aromatic heterocycles. The van der Waals surface area contributed by atoms with Crippen LogP contribution < -0.4 is 4.74 Å². The van der Waals surface area contributed by atoms with Gasteiger partial charge in [0, 0.05) is 30.8 Å². The molecule has 4 heteroatoms. The monoisotopic (exact) mass is 535 g/mol. The van der Waals surface area contributed by atoms with Crippen molar-refractivity contribution in [1.29, 1.82) is 0 Å². The quantitative estimate of drug-likeness (QED) is 0.181. The fourth-order valence-electron chi connectivity index (χ4n) is 5.71. The van der Waals surface area contributed by atoms with Crippen LogP contribution in [0.4, 0.5) is 0 Å². The normalized spacial score (nSPS) is 14.2. The van der Waals surface area contributed by atoms with Gasteiger partial charge in [0.05, 0.1) is 11.4 Å². The van der Waals surface area contributed by atoms with Crippen molar-refractivity contribution in [3.8, 4) is 28.4 Å². The fourth-order valence-corrected chi connectivity index (χ4v) is 5.71. The third-order valence-corrected chi connectivity index (χ3v) is 8.00. The molecule has 0 atom stereocenters. The van der Waals surface area contributed by atoms with Gasteiger partial charge in [-0.15, -0.1) is 0 Å². The van der Waals surface area contributed by atoms with Crippen LogP contribution in [-0.4, -0.2) is 26.6 Å². The lowest BCUT2D eigenvalue weighted by Gasteiger charge is -2.33. The van der Waals surface area contributed by atoms with Crippen molar-refractivity contribution in [3.05, 3.63) is 95.7 Å². The lowest BCUT2D eigenvalue weighted by atomic mass is 9.93. The third kappa shape index (κ3) is 6.67. The second kappa shape index (κ2) is 12.9. The zero-order valence-electron chi connectivity index (χ0n) is 24.8. The highest BCUT2D eigenvalue weighted by Crippen LogP contribution is 2.35. The minimum absolute atomic E-state index is 0.0805. The summed E-state index contributed by atoms with van der Waals surface area (Å²) in [5.74, 6) is 2.13. The molecule has 0 fully saturated rings. The average Bonchev–Trinajstić information content (AvgIpc) is 3.33. The molecule has 0 spiro atoms. The summed E-state index contributed by atoms with van der Waals surface area (Å²) in [5.41, 5.74) is 7.42. The first-order valence-corrected chi connectivity index (χ1v) is 15.2. The lowest BCUT2D eigenvalue weighted by molar-refractivity contribution is 0.0846. The van der Waals surface area contributed by atoms with Crippen LogP contribution in [0.3, 0.4) is 0 Å². The molecular formula is C36H45N3O. The minimum Gasteiger partial charge on any atom is -0.488 e. The molecule has 0 N–H and O–H groups in total. The first-order chi connectivity index (χ1) is 19.5. The molecular weight excluding hydrogens is 490 g/mol. The van der Waals surface area contributed by atoms with E-state index >= 15 is 0 Å². The lowest BCUT2D eigenvalue weighted by Crippen LogP contribution is -2.32. The number of hydrogen-bond acceptors (Lipinski definition) is 3. The highest BCUT2D eigenvalue weighted by Gasteiger charge is 2.27. The molecule has 0 amide bonds. The summed E-state index contributed by atoms with van der Waals surface area (Å²) in [6, 6.07) is 28.3. The van der Waals surface area contributed by atoms with Gasteiger partial charge < -0.3 is 9.30 Å². The SMILES string of the molecule is CCCCN(Cc1ccc2c(c1)CCC(C)(C)O2)Cc1c(-c2ccccc2)nc(-c2ccccc2)n1CCCC. The Morgan fingerprint density at radius 2 is 1.55 bits per heavy atom. The maximum atomic E-state index is 6.28. The van der Waals surface area contributed by atoms with Gasteiger partial charge in [0.2, 0.25) is 0 Å². The van der Waals surface area contributed by atoms with Gasteiger partial charge >= 0.3 is 0 Å². The number of hydrogen-bond donors (Lipinski definition) is 0. The van der Waals surface area contributed by atoms with E-state index in [9.17, 15) is 0 Å². The number of ether oxygens (including phenoxy) is 1. The molecule has 0 saturated carbocycles. The van der Waals surface area contributed by atoms with Crippen molar-refractivity contribution in [3.63, 3.8) is 0 Å². The van der Waals surface area contributed by atoms with E-state index in [4.69, 9.17) is 9.72 Å². The predicted molar refractivity (Wildman–Crippen MR) is 166 cm³/mol.